The van der Waals surface area contributed by atoms with Gasteiger partial charge in [-0.25, -0.2) is 0 Å². The summed E-state index contributed by atoms with van der Waals surface area (Å²) in [7, 11) is 0. The van der Waals surface area contributed by atoms with Crippen LogP contribution in [-0.2, 0) is 9.59 Å². The molecule has 0 saturated heterocycles. The van der Waals surface area contributed by atoms with Crippen LogP contribution in [0, 0.1) is 18.3 Å². The van der Waals surface area contributed by atoms with Crippen molar-refractivity contribution in [3.63, 3.8) is 0 Å². The van der Waals surface area contributed by atoms with Gasteiger partial charge in [0.25, 0.3) is 11.8 Å². The van der Waals surface area contributed by atoms with Crippen LogP contribution in [0.5, 0.6) is 0 Å². The molecular weight excluding hydrogens is 340 g/mol. The lowest BCUT2D eigenvalue weighted by Gasteiger charge is -2.18. The van der Waals surface area contributed by atoms with Gasteiger partial charge in [-0.1, -0.05) is 31.2 Å². The highest BCUT2D eigenvalue weighted by molar-refractivity contribution is 5.93. The van der Waals surface area contributed by atoms with Crippen molar-refractivity contribution in [2.24, 2.45) is 0 Å². The highest BCUT2D eigenvalue weighted by Gasteiger charge is 2.18. The number of nitrogens with one attached hydrogen (secondary N) is 3. The summed E-state index contributed by atoms with van der Waals surface area (Å²) in [5.41, 5.74) is 2.86. The molecule has 0 bridgehead atoms. The lowest BCUT2D eigenvalue weighted by molar-refractivity contribution is -0.883. The Kier molecular flexibility index (Phi) is 7.53. The van der Waals surface area contributed by atoms with Crippen LogP contribution in [0.4, 0.5) is 11.4 Å². The molecule has 1 unspecified atom stereocenters. The summed E-state index contributed by atoms with van der Waals surface area (Å²) in [5, 5.41) is 14.6. The number of para-hydroxylation sites is 1. The van der Waals surface area contributed by atoms with E-state index in [2.05, 4.69) is 10.6 Å². The summed E-state index contributed by atoms with van der Waals surface area (Å²) < 4.78 is 0. The fraction of sp³-hybridized carbons (Fsp3) is 0.286. The Labute approximate surface area is 159 Å². The van der Waals surface area contributed by atoms with E-state index < -0.39 is 0 Å². The molecule has 0 fully saturated rings. The average Bonchev–Trinajstić information content (AvgIpc) is 2.64. The molecule has 2 amide bonds. The smallest absolute Gasteiger partial charge is 0.279 e. The number of rotatable bonds is 8. The molecule has 0 radical (unpaired) electrons. The van der Waals surface area contributed by atoms with Crippen molar-refractivity contribution in [2.45, 2.75) is 20.3 Å². The molecule has 0 aromatic heterocycles. The molecule has 0 aliphatic heterocycles. The third-order valence-corrected chi connectivity index (χ3v) is 4.12. The van der Waals surface area contributed by atoms with E-state index >= 15 is 0 Å². The van der Waals surface area contributed by atoms with Gasteiger partial charge in [0.1, 0.15) is 0 Å². The first-order valence-corrected chi connectivity index (χ1v) is 9.01. The second kappa shape index (κ2) is 10.1. The predicted octanol–water partition coefficient (Wildman–Crippen LogP) is 1.74. The third-order valence-electron chi connectivity index (χ3n) is 4.12. The molecule has 0 aliphatic carbocycles. The van der Waals surface area contributed by atoms with Crippen LogP contribution in [0.3, 0.4) is 0 Å². The Bertz CT molecular complexity index is 842. The molecule has 2 aromatic rings. The van der Waals surface area contributed by atoms with Crippen LogP contribution >= 0.6 is 0 Å². The zero-order chi connectivity index (χ0) is 19.6. The first-order valence-electron chi connectivity index (χ1n) is 9.01. The predicted molar refractivity (Wildman–Crippen MR) is 105 cm³/mol. The van der Waals surface area contributed by atoms with Crippen molar-refractivity contribution in [3.05, 3.63) is 59.7 Å². The number of carbonyl (C=O) groups is 2. The lowest BCUT2D eigenvalue weighted by Crippen LogP contribution is -3.14. The molecule has 140 valence electrons. The minimum Gasteiger partial charge on any atom is -0.321 e. The summed E-state index contributed by atoms with van der Waals surface area (Å²) in [5.74, 6) is -0.302. The Hall–Kier alpha value is -3.17. The fourth-order valence-electron chi connectivity index (χ4n) is 2.83. The van der Waals surface area contributed by atoms with E-state index in [0.717, 1.165) is 22.6 Å². The topological polar surface area (TPSA) is 86.4 Å². The van der Waals surface area contributed by atoms with Crippen molar-refractivity contribution in [1.29, 1.82) is 5.26 Å². The summed E-state index contributed by atoms with van der Waals surface area (Å²) in [4.78, 5) is 25.6. The van der Waals surface area contributed by atoms with E-state index in [4.69, 9.17) is 5.26 Å². The van der Waals surface area contributed by atoms with E-state index in [1.54, 1.807) is 24.3 Å². The Balaban J connectivity index is 1.93. The molecule has 0 saturated carbocycles. The van der Waals surface area contributed by atoms with Crippen LogP contribution in [0.2, 0.25) is 0 Å². The maximum absolute atomic E-state index is 12.4. The molecule has 2 aromatic carbocycles. The number of nitrogens with zero attached hydrogens (tertiary/aromatic N) is 1. The molecule has 0 heterocycles. The summed E-state index contributed by atoms with van der Waals surface area (Å²) in [6.07, 6.45) is 0.865. The molecular formula is C21H25N4O2+. The number of anilines is 2. The normalized spacial score (nSPS) is 11.3. The number of benzene rings is 2. The van der Waals surface area contributed by atoms with Gasteiger partial charge in [-0.15, -0.1) is 0 Å². The first kappa shape index (κ1) is 20.1. The molecule has 3 N–H and O–H groups in total. The Morgan fingerprint density at radius 1 is 1.04 bits per heavy atom. The summed E-state index contributed by atoms with van der Waals surface area (Å²) >= 11 is 0. The van der Waals surface area contributed by atoms with Gasteiger partial charge in [0.2, 0.25) is 0 Å². The lowest BCUT2D eigenvalue weighted by atomic mass is 10.2. The highest BCUT2D eigenvalue weighted by atomic mass is 16.2. The number of hydrogen-bond donors (Lipinski definition) is 3. The second-order valence-corrected chi connectivity index (χ2v) is 6.46. The van der Waals surface area contributed by atoms with E-state index in [1.807, 2.05) is 44.2 Å². The molecule has 2 rings (SSSR count). The van der Waals surface area contributed by atoms with Crippen LogP contribution in [0.1, 0.15) is 24.5 Å². The zero-order valence-electron chi connectivity index (χ0n) is 15.7. The van der Waals surface area contributed by atoms with Gasteiger partial charge in [-0.2, -0.15) is 5.26 Å². The van der Waals surface area contributed by atoms with Crippen molar-refractivity contribution in [2.75, 3.05) is 30.3 Å². The van der Waals surface area contributed by atoms with E-state index in [-0.39, 0.29) is 24.9 Å². The SMILES string of the molecule is CCC[NH+](CC(=O)Nc1cccc(C#N)c1)CC(=O)Nc1ccccc1C. The zero-order valence-corrected chi connectivity index (χ0v) is 15.7. The summed E-state index contributed by atoms with van der Waals surface area (Å²) in [6.45, 7) is 5.08. The molecule has 27 heavy (non-hydrogen) atoms. The second-order valence-electron chi connectivity index (χ2n) is 6.46. The van der Waals surface area contributed by atoms with Gasteiger partial charge < -0.3 is 15.5 Å². The van der Waals surface area contributed by atoms with Crippen molar-refractivity contribution < 1.29 is 14.5 Å². The molecule has 0 spiro atoms. The maximum Gasteiger partial charge on any atom is 0.279 e. The van der Waals surface area contributed by atoms with E-state index in [1.165, 1.54) is 0 Å². The van der Waals surface area contributed by atoms with E-state index in [9.17, 15) is 9.59 Å². The quantitative estimate of drug-likeness (QED) is 0.666. The largest absolute Gasteiger partial charge is 0.321 e. The number of quaternary nitrogens is 1. The maximum atomic E-state index is 12.4. The van der Waals surface area contributed by atoms with Gasteiger partial charge in [-0.3, -0.25) is 9.59 Å². The first-order chi connectivity index (χ1) is 13.0. The van der Waals surface area contributed by atoms with Gasteiger partial charge >= 0.3 is 0 Å². The van der Waals surface area contributed by atoms with E-state index in [0.29, 0.717) is 17.8 Å². The monoisotopic (exact) mass is 365 g/mol. The molecule has 1 atom stereocenters. The molecule has 6 heteroatoms. The van der Waals surface area contributed by atoms with Crippen LogP contribution in [0.15, 0.2) is 48.5 Å². The van der Waals surface area contributed by atoms with Crippen LogP contribution < -0.4 is 15.5 Å². The van der Waals surface area contributed by atoms with Gasteiger partial charge in [0.15, 0.2) is 13.1 Å². The minimum absolute atomic E-state index is 0.118. The number of carbonyl (C=O) groups excluding carboxylic acids is 2. The third kappa shape index (κ3) is 6.57. The van der Waals surface area contributed by atoms with Gasteiger partial charge in [0.05, 0.1) is 18.2 Å². The Morgan fingerprint density at radius 2 is 1.74 bits per heavy atom. The number of hydrogen-bond acceptors (Lipinski definition) is 3. The summed E-state index contributed by atoms with van der Waals surface area (Å²) in [6, 6.07) is 16.4. The van der Waals surface area contributed by atoms with Crippen LogP contribution in [-0.4, -0.2) is 31.4 Å². The van der Waals surface area contributed by atoms with Crippen molar-refractivity contribution in [1.82, 2.24) is 0 Å². The average molecular weight is 365 g/mol. The van der Waals surface area contributed by atoms with Crippen molar-refractivity contribution >= 4 is 23.2 Å². The number of aryl methyl sites for hydroxylation is 1. The fourth-order valence-corrected chi connectivity index (χ4v) is 2.83. The Morgan fingerprint density at radius 3 is 2.41 bits per heavy atom. The van der Waals surface area contributed by atoms with Crippen LogP contribution in [0.25, 0.3) is 0 Å². The van der Waals surface area contributed by atoms with Gasteiger partial charge in [0, 0.05) is 11.4 Å². The molecule has 6 nitrogen and oxygen atoms in total. The molecule has 0 aliphatic rings. The highest BCUT2D eigenvalue weighted by Crippen LogP contribution is 2.12. The number of nitriles is 1. The standard InChI is InChI=1S/C21H24N4O2/c1-3-11-25(15-21(27)24-19-10-5-4-7-16(19)2)14-20(26)23-18-9-6-8-17(12-18)13-22/h4-10,12H,3,11,14-15H2,1-2H3,(H,23,26)(H,24,27)/p+1. The minimum atomic E-state index is -0.183. The van der Waals surface area contributed by atoms with Gasteiger partial charge in [-0.05, 0) is 43.2 Å². The number of amides is 2. The van der Waals surface area contributed by atoms with Crippen molar-refractivity contribution in [3.8, 4) is 6.07 Å².